The molecule has 4 nitrogen and oxygen atoms in total. The summed E-state index contributed by atoms with van der Waals surface area (Å²) >= 11 is 0. The van der Waals surface area contributed by atoms with Crippen molar-refractivity contribution in [3.63, 3.8) is 0 Å². The molecule has 1 aromatic heterocycles. The molecule has 0 saturated carbocycles. The summed E-state index contributed by atoms with van der Waals surface area (Å²) in [6.45, 7) is 8.49. The van der Waals surface area contributed by atoms with E-state index >= 15 is 0 Å². The lowest BCUT2D eigenvalue weighted by Crippen LogP contribution is -2.10. The molecule has 0 amide bonds. The van der Waals surface area contributed by atoms with Gasteiger partial charge in [-0.2, -0.15) is 0 Å². The van der Waals surface area contributed by atoms with E-state index in [0.717, 1.165) is 11.3 Å². The van der Waals surface area contributed by atoms with Crippen molar-refractivity contribution in [1.29, 1.82) is 0 Å². The van der Waals surface area contributed by atoms with Crippen molar-refractivity contribution in [2.45, 2.75) is 39.7 Å². The Bertz CT molecular complexity index is 630. The number of carboxylic acids is 1. The van der Waals surface area contributed by atoms with Gasteiger partial charge in [0, 0.05) is 5.56 Å². The molecule has 1 N–H and O–H groups in total. The van der Waals surface area contributed by atoms with E-state index in [0.29, 0.717) is 5.76 Å². The van der Waals surface area contributed by atoms with Gasteiger partial charge in [-0.25, -0.2) is 4.79 Å². The third-order valence-electron chi connectivity index (χ3n) is 3.35. The second-order valence-corrected chi connectivity index (χ2v) is 6.06. The average molecular weight is 288 g/mol. The maximum absolute atomic E-state index is 10.8. The zero-order chi connectivity index (χ0) is 15.6. The van der Waals surface area contributed by atoms with Crippen LogP contribution in [-0.4, -0.2) is 11.1 Å². The van der Waals surface area contributed by atoms with Gasteiger partial charge in [-0.05, 0) is 36.1 Å². The maximum atomic E-state index is 10.8. The maximum Gasteiger partial charge on any atom is 0.371 e. The molecule has 0 spiro atoms. The number of carbonyl (C=O) groups is 1. The summed E-state index contributed by atoms with van der Waals surface area (Å²) in [5.74, 6) is 0.187. The first-order chi connectivity index (χ1) is 9.77. The van der Waals surface area contributed by atoms with Crippen LogP contribution in [0.1, 0.15) is 48.2 Å². The van der Waals surface area contributed by atoms with Gasteiger partial charge in [0.25, 0.3) is 0 Å². The van der Waals surface area contributed by atoms with Gasteiger partial charge < -0.3 is 14.3 Å². The number of hydrogen-bond acceptors (Lipinski definition) is 3. The summed E-state index contributed by atoms with van der Waals surface area (Å²) in [6, 6.07) is 9.43. The molecule has 112 valence electrons. The Labute approximate surface area is 124 Å². The summed E-state index contributed by atoms with van der Waals surface area (Å²) in [7, 11) is 0. The van der Waals surface area contributed by atoms with Gasteiger partial charge >= 0.3 is 5.97 Å². The fraction of sp³-hybridized carbons (Fsp3) is 0.353. The highest BCUT2D eigenvalue weighted by atomic mass is 16.5. The summed E-state index contributed by atoms with van der Waals surface area (Å²) in [4.78, 5) is 10.8. The van der Waals surface area contributed by atoms with Crippen molar-refractivity contribution in [1.82, 2.24) is 0 Å². The fourth-order valence-corrected chi connectivity index (χ4v) is 1.98. The third-order valence-corrected chi connectivity index (χ3v) is 3.35. The number of aryl methyl sites for hydroxylation is 1. The van der Waals surface area contributed by atoms with Crippen LogP contribution in [0, 0.1) is 6.92 Å². The predicted molar refractivity (Wildman–Crippen MR) is 79.9 cm³/mol. The first kappa shape index (κ1) is 15.2. The Hall–Kier alpha value is -2.23. The molecule has 0 saturated heterocycles. The van der Waals surface area contributed by atoms with E-state index < -0.39 is 5.97 Å². The number of furan rings is 1. The molecule has 0 aliphatic carbocycles. The SMILES string of the molecule is Cc1oc(C(=O)O)cc1COc1ccc(C(C)(C)C)cc1. The molecule has 0 unspecified atom stereocenters. The average Bonchev–Trinajstić information content (AvgIpc) is 2.77. The lowest BCUT2D eigenvalue weighted by Gasteiger charge is -2.19. The van der Waals surface area contributed by atoms with E-state index in [1.54, 1.807) is 6.92 Å². The Morgan fingerprint density at radius 2 is 1.86 bits per heavy atom. The summed E-state index contributed by atoms with van der Waals surface area (Å²) in [6.07, 6.45) is 0. The highest BCUT2D eigenvalue weighted by Gasteiger charge is 2.15. The Kier molecular flexibility index (Phi) is 4.07. The van der Waals surface area contributed by atoms with Crippen molar-refractivity contribution in [3.8, 4) is 5.75 Å². The zero-order valence-corrected chi connectivity index (χ0v) is 12.8. The number of benzene rings is 1. The van der Waals surface area contributed by atoms with Crippen LogP contribution >= 0.6 is 0 Å². The fourth-order valence-electron chi connectivity index (χ4n) is 1.98. The summed E-state index contributed by atoms with van der Waals surface area (Å²) < 4.78 is 10.8. The second kappa shape index (κ2) is 5.64. The largest absolute Gasteiger partial charge is 0.489 e. The van der Waals surface area contributed by atoms with Gasteiger partial charge in [-0.15, -0.1) is 0 Å². The molecule has 4 heteroatoms. The van der Waals surface area contributed by atoms with Crippen molar-refractivity contribution < 1.29 is 19.1 Å². The Morgan fingerprint density at radius 3 is 2.33 bits per heavy atom. The molecule has 0 fully saturated rings. The van der Waals surface area contributed by atoms with E-state index in [1.165, 1.54) is 11.6 Å². The molecule has 0 radical (unpaired) electrons. The van der Waals surface area contributed by atoms with Gasteiger partial charge in [-0.1, -0.05) is 32.9 Å². The highest BCUT2D eigenvalue weighted by molar-refractivity contribution is 5.84. The van der Waals surface area contributed by atoms with Crippen molar-refractivity contribution in [3.05, 3.63) is 53.0 Å². The molecule has 0 bridgehead atoms. The standard InChI is InChI=1S/C17H20O4/c1-11-12(9-15(21-11)16(18)19)10-20-14-7-5-13(6-8-14)17(2,3)4/h5-9H,10H2,1-4H3,(H,18,19). The smallest absolute Gasteiger partial charge is 0.371 e. The van der Waals surface area contributed by atoms with Crippen LogP contribution in [0.4, 0.5) is 0 Å². The first-order valence-corrected chi connectivity index (χ1v) is 6.83. The quantitative estimate of drug-likeness (QED) is 0.917. The number of ether oxygens (including phenoxy) is 1. The number of aromatic carboxylic acids is 1. The Morgan fingerprint density at radius 1 is 1.24 bits per heavy atom. The molecule has 2 rings (SSSR count). The number of rotatable bonds is 4. The van der Waals surface area contributed by atoms with E-state index in [4.69, 9.17) is 14.3 Å². The first-order valence-electron chi connectivity index (χ1n) is 6.83. The van der Waals surface area contributed by atoms with Crippen LogP contribution in [-0.2, 0) is 12.0 Å². The van der Waals surface area contributed by atoms with Crippen LogP contribution in [0.2, 0.25) is 0 Å². The van der Waals surface area contributed by atoms with Gasteiger partial charge in [-0.3, -0.25) is 0 Å². The van der Waals surface area contributed by atoms with E-state index in [2.05, 4.69) is 20.8 Å². The molecule has 0 aliphatic heterocycles. The number of carboxylic acid groups (broad SMARTS) is 1. The van der Waals surface area contributed by atoms with Gasteiger partial charge in [0.15, 0.2) is 0 Å². The molecule has 1 aromatic carbocycles. The van der Waals surface area contributed by atoms with Crippen LogP contribution in [0.15, 0.2) is 34.7 Å². The zero-order valence-electron chi connectivity index (χ0n) is 12.8. The van der Waals surface area contributed by atoms with Gasteiger partial charge in [0.1, 0.15) is 18.1 Å². The van der Waals surface area contributed by atoms with E-state index in [9.17, 15) is 4.79 Å². The normalized spacial score (nSPS) is 11.4. The van der Waals surface area contributed by atoms with Crippen molar-refractivity contribution >= 4 is 5.97 Å². The van der Waals surface area contributed by atoms with Crippen LogP contribution in [0.3, 0.4) is 0 Å². The lowest BCUT2D eigenvalue weighted by atomic mass is 9.87. The molecule has 21 heavy (non-hydrogen) atoms. The topological polar surface area (TPSA) is 59.7 Å². The van der Waals surface area contributed by atoms with Crippen LogP contribution in [0.5, 0.6) is 5.75 Å². The molecular formula is C17H20O4. The molecule has 1 heterocycles. The van der Waals surface area contributed by atoms with Crippen molar-refractivity contribution in [2.24, 2.45) is 0 Å². The summed E-state index contributed by atoms with van der Waals surface area (Å²) in [5, 5.41) is 8.88. The van der Waals surface area contributed by atoms with E-state index in [-0.39, 0.29) is 17.8 Å². The minimum Gasteiger partial charge on any atom is -0.489 e. The van der Waals surface area contributed by atoms with Crippen LogP contribution < -0.4 is 4.74 Å². The summed E-state index contributed by atoms with van der Waals surface area (Å²) in [5.41, 5.74) is 2.09. The third kappa shape index (κ3) is 3.66. The van der Waals surface area contributed by atoms with Crippen LogP contribution in [0.25, 0.3) is 0 Å². The lowest BCUT2D eigenvalue weighted by molar-refractivity contribution is 0.0661. The predicted octanol–water partition coefficient (Wildman–Crippen LogP) is 4.16. The molecule has 2 aromatic rings. The van der Waals surface area contributed by atoms with Crippen molar-refractivity contribution in [2.75, 3.05) is 0 Å². The van der Waals surface area contributed by atoms with Gasteiger partial charge in [0.2, 0.25) is 5.76 Å². The molecule has 0 aliphatic rings. The Balaban J connectivity index is 2.05. The van der Waals surface area contributed by atoms with Gasteiger partial charge in [0.05, 0.1) is 0 Å². The highest BCUT2D eigenvalue weighted by Crippen LogP contribution is 2.25. The number of hydrogen-bond donors (Lipinski definition) is 1. The minimum absolute atomic E-state index is 0.0609. The molecule has 0 atom stereocenters. The second-order valence-electron chi connectivity index (χ2n) is 6.06. The van der Waals surface area contributed by atoms with E-state index in [1.807, 2.05) is 24.3 Å². The molecular weight excluding hydrogens is 268 g/mol. The minimum atomic E-state index is -1.07. The monoisotopic (exact) mass is 288 g/mol.